The summed E-state index contributed by atoms with van der Waals surface area (Å²) in [6, 6.07) is 11.1. The van der Waals surface area contributed by atoms with Gasteiger partial charge in [-0.3, -0.25) is 9.59 Å². The van der Waals surface area contributed by atoms with Crippen molar-refractivity contribution in [1.29, 1.82) is 0 Å². The molecule has 1 atom stereocenters. The number of fused-ring (bicyclic) bond motifs is 2. The molecule has 168 valence electrons. The van der Waals surface area contributed by atoms with Crippen molar-refractivity contribution >= 4 is 16.9 Å². The van der Waals surface area contributed by atoms with E-state index in [1.165, 1.54) is 0 Å². The third-order valence-corrected chi connectivity index (χ3v) is 6.09. The number of benzene rings is 2. The summed E-state index contributed by atoms with van der Waals surface area (Å²) in [5.41, 5.74) is 3.57. The molecule has 5 heteroatoms. The first kappa shape index (κ1) is 22.1. The zero-order valence-corrected chi connectivity index (χ0v) is 19.4. The lowest BCUT2D eigenvalue weighted by molar-refractivity contribution is 0.0728. The van der Waals surface area contributed by atoms with E-state index in [1.54, 1.807) is 4.90 Å². The van der Waals surface area contributed by atoms with Crippen molar-refractivity contribution in [3.05, 3.63) is 74.6 Å². The van der Waals surface area contributed by atoms with Crippen LogP contribution < -0.4 is 10.2 Å². The topological polar surface area (TPSA) is 59.8 Å². The van der Waals surface area contributed by atoms with Crippen LogP contribution >= 0.6 is 0 Å². The Bertz CT molecular complexity index is 1190. The van der Waals surface area contributed by atoms with Crippen molar-refractivity contribution in [2.24, 2.45) is 0 Å². The predicted octanol–water partition coefficient (Wildman–Crippen LogP) is 5.93. The lowest BCUT2D eigenvalue weighted by Gasteiger charge is -2.24. The van der Waals surface area contributed by atoms with Gasteiger partial charge < -0.3 is 14.1 Å². The summed E-state index contributed by atoms with van der Waals surface area (Å²) in [6.07, 6.45) is 4.12. The lowest BCUT2D eigenvalue weighted by Crippen LogP contribution is -2.30. The van der Waals surface area contributed by atoms with Gasteiger partial charge in [-0.05, 0) is 61.6 Å². The van der Waals surface area contributed by atoms with Crippen molar-refractivity contribution in [1.82, 2.24) is 4.90 Å². The van der Waals surface area contributed by atoms with Gasteiger partial charge in [0.2, 0.25) is 5.76 Å². The Morgan fingerprint density at radius 1 is 1.00 bits per heavy atom. The quantitative estimate of drug-likeness (QED) is 0.413. The summed E-state index contributed by atoms with van der Waals surface area (Å²) < 4.78 is 11.9. The third-order valence-electron chi connectivity index (χ3n) is 6.09. The summed E-state index contributed by atoms with van der Waals surface area (Å²) in [5, 5.41) is 0.557. The lowest BCUT2D eigenvalue weighted by atomic mass is 9.97. The largest absolute Gasteiger partial charge is 0.494 e. The Kier molecular flexibility index (Phi) is 6.35. The first-order valence-electron chi connectivity index (χ1n) is 11.6. The Hall–Kier alpha value is -3.08. The molecule has 0 radical (unpaired) electrons. The molecule has 32 heavy (non-hydrogen) atoms. The monoisotopic (exact) mass is 433 g/mol. The fourth-order valence-electron chi connectivity index (χ4n) is 4.62. The van der Waals surface area contributed by atoms with Gasteiger partial charge in [0.05, 0.1) is 23.6 Å². The van der Waals surface area contributed by atoms with Crippen molar-refractivity contribution in [2.45, 2.75) is 59.4 Å². The number of carbonyl (C=O) groups is 1. The van der Waals surface area contributed by atoms with Crippen LogP contribution in [0, 0.1) is 13.8 Å². The SMILES string of the molecule is CCCCCOc1ccc(C2c3c(oc4cc(C)cc(C)c4c3=O)C(=O)N2CCC)cc1. The van der Waals surface area contributed by atoms with Crippen LogP contribution in [0.15, 0.2) is 45.6 Å². The van der Waals surface area contributed by atoms with Crippen molar-refractivity contribution < 1.29 is 13.9 Å². The minimum absolute atomic E-state index is 0.115. The van der Waals surface area contributed by atoms with Gasteiger partial charge in [-0.25, -0.2) is 0 Å². The van der Waals surface area contributed by atoms with Gasteiger partial charge in [-0.1, -0.05) is 44.9 Å². The Morgan fingerprint density at radius 2 is 1.75 bits per heavy atom. The van der Waals surface area contributed by atoms with E-state index in [-0.39, 0.29) is 17.1 Å². The third kappa shape index (κ3) is 3.92. The summed E-state index contributed by atoms with van der Waals surface area (Å²) in [7, 11) is 0. The second-order valence-corrected chi connectivity index (χ2v) is 8.65. The zero-order chi connectivity index (χ0) is 22.8. The number of rotatable bonds is 8. The van der Waals surface area contributed by atoms with Gasteiger partial charge in [-0.2, -0.15) is 0 Å². The smallest absolute Gasteiger partial charge is 0.290 e. The highest BCUT2D eigenvalue weighted by Crippen LogP contribution is 2.39. The summed E-state index contributed by atoms with van der Waals surface area (Å²) >= 11 is 0. The van der Waals surface area contributed by atoms with E-state index in [9.17, 15) is 9.59 Å². The first-order valence-corrected chi connectivity index (χ1v) is 11.6. The summed E-state index contributed by atoms with van der Waals surface area (Å²) in [4.78, 5) is 28.7. The Labute approximate surface area is 189 Å². The number of unbranched alkanes of at least 4 members (excludes halogenated alkanes) is 2. The first-order chi connectivity index (χ1) is 15.5. The second kappa shape index (κ2) is 9.19. The van der Waals surface area contributed by atoms with E-state index < -0.39 is 6.04 Å². The maximum absolute atomic E-state index is 13.6. The number of hydrogen-bond donors (Lipinski definition) is 0. The zero-order valence-electron chi connectivity index (χ0n) is 19.4. The fourth-order valence-corrected chi connectivity index (χ4v) is 4.62. The van der Waals surface area contributed by atoms with E-state index in [4.69, 9.17) is 9.15 Å². The number of carbonyl (C=O) groups excluding carboxylic acids is 1. The molecule has 2 aromatic carbocycles. The Balaban J connectivity index is 1.78. The van der Waals surface area contributed by atoms with Gasteiger partial charge in [0, 0.05) is 6.54 Å². The molecule has 1 aliphatic heterocycles. The molecular weight excluding hydrogens is 402 g/mol. The van der Waals surface area contributed by atoms with Gasteiger partial charge >= 0.3 is 0 Å². The molecule has 1 amide bonds. The molecule has 4 rings (SSSR count). The van der Waals surface area contributed by atoms with Crippen molar-refractivity contribution in [3.63, 3.8) is 0 Å². The van der Waals surface area contributed by atoms with E-state index in [2.05, 4.69) is 6.92 Å². The van der Waals surface area contributed by atoms with Crippen LogP contribution in [-0.4, -0.2) is 24.0 Å². The molecule has 0 saturated carbocycles. The van der Waals surface area contributed by atoms with E-state index in [0.29, 0.717) is 29.7 Å². The van der Waals surface area contributed by atoms with Crippen LogP contribution in [0.2, 0.25) is 0 Å². The van der Waals surface area contributed by atoms with E-state index in [1.807, 2.05) is 57.2 Å². The van der Waals surface area contributed by atoms with Crippen LogP contribution in [0.1, 0.15) is 78.4 Å². The number of aryl methyl sites for hydroxylation is 2. The highest BCUT2D eigenvalue weighted by Gasteiger charge is 2.42. The number of amides is 1. The standard InChI is InChI=1S/C27H31NO4/c1-5-7-8-14-31-20-11-9-19(10-12-20)24-23-25(29)22-18(4)15-17(3)16-21(22)32-26(23)27(30)28(24)13-6-2/h9-12,15-16,24H,5-8,13-14H2,1-4H3. The molecule has 3 aromatic rings. The van der Waals surface area contributed by atoms with Gasteiger partial charge in [0.25, 0.3) is 5.91 Å². The average molecular weight is 434 g/mol. The van der Waals surface area contributed by atoms with Crippen LogP contribution in [0.25, 0.3) is 11.0 Å². The Morgan fingerprint density at radius 3 is 2.44 bits per heavy atom. The van der Waals surface area contributed by atoms with Crippen molar-refractivity contribution in [3.8, 4) is 5.75 Å². The molecule has 0 spiro atoms. The molecule has 0 aliphatic carbocycles. The predicted molar refractivity (Wildman–Crippen MR) is 127 cm³/mol. The minimum Gasteiger partial charge on any atom is -0.494 e. The normalized spacial score (nSPS) is 15.4. The molecule has 0 bridgehead atoms. The second-order valence-electron chi connectivity index (χ2n) is 8.65. The molecule has 1 unspecified atom stereocenters. The summed E-state index contributed by atoms with van der Waals surface area (Å²) in [6.45, 7) is 9.31. The highest BCUT2D eigenvalue weighted by molar-refractivity contribution is 5.99. The van der Waals surface area contributed by atoms with E-state index >= 15 is 0 Å². The van der Waals surface area contributed by atoms with Crippen LogP contribution in [0.3, 0.4) is 0 Å². The molecule has 1 aromatic heterocycles. The van der Waals surface area contributed by atoms with Crippen molar-refractivity contribution in [2.75, 3.05) is 13.2 Å². The number of ether oxygens (including phenoxy) is 1. The highest BCUT2D eigenvalue weighted by atomic mass is 16.5. The number of hydrogen-bond acceptors (Lipinski definition) is 4. The molecule has 0 saturated heterocycles. The van der Waals surface area contributed by atoms with E-state index in [0.717, 1.165) is 48.1 Å². The minimum atomic E-state index is -0.451. The summed E-state index contributed by atoms with van der Waals surface area (Å²) in [5.74, 6) is 0.754. The molecule has 0 fully saturated rings. The van der Waals surface area contributed by atoms with Gasteiger partial charge in [0.1, 0.15) is 11.3 Å². The maximum atomic E-state index is 13.6. The van der Waals surface area contributed by atoms with Crippen LogP contribution in [0.4, 0.5) is 0 Å². The molecule has 2 heterocycles. The molecule has 0 N–H and O–H groups in total. The average Bonchev–Trinajstić information content (AvgIpc) is 3.04. The molecule has 1 aliphatic rings. The maximum Gasteiger partial charge on any atom is 0.290 e. The van der Waals surface area contributed by atoms with Crippen LogP contribution in [-0.2, 0) is 0 Å². The van der Waals surface area contributed by atoms with Gasteiger partial charge in [-0.15, -0.1) is 0 Å². The molecular formula is C27H31NO4. The van der Waals surface area contributed by atoms with Crippen LogP contribution in [0.5, 0.6) is 5.75 Å². The number of nitrogens with zero attached hydrogens (tertiary/aromatic N) is 1. The van der Waals surface area contributed by atoms with Gasteiger partial charge in [0.15, 0.2) is 5.43 Å². The fraction of sp³-hybridized carbons (Fsp3) is 0.407. The molecule has 5 nitrogen and oxygen atoms in total.